The Morgan fingerprint density at radius 3 is 1.35 bits per heavy atom. The lowest BCUT2D eigenvalue weighted by molar-refractivity contribution is -0.167. The summed E-state index contributed by atoms with van der Waals surface area (Å²) in [6.45, 7) is 0. The van der Waals surface area contributed by atoms with E-state index < -0.39 is 7.37 Å². The zero-order chi connectivity index (χ0) is 21.3. The van der Waals surface area contributed by atoms with Crippen molar-refractivity contribution in [1.82, 2.24) is 0 Å². The minimum atomic E-state index is -4.10. The summed E-state index contributed by atoms with van der Waals surface area (Å²) in [4.78, 5) is 13.6. The van der Waals surface area contributed by atoms with Gasteiger partial charge in [0.15, 0.2) is 0 Å². The second-order valence-electron chi connectivity index (χ2n) is 7.19. The van der Waals surface area contributed by atoms with Gasteiger partial charge in [0.2, 0.25) is 0 Å². The average Bonchev–Trinajstić information content (AvgIpc) is 3.06. The van der Waals surface area contributed by atoms with Crippen molar-refractivity contribution in [3.63, 3.8) is 0 Å². The van der Waals surface area contributed by atoms with Gasteiger partial charge in [-0.05, 0) is 47.5 Å². The van der Waals surface area contributed by atoms with E-state index in [1.54, 1.807) is 12.1 Å². The first kappa shape index (κ1) is 19.2. The number of hydrogen-bond donors (Lipinski definition) is 0. The molecule has 0 aliphatic carbocycles. The first-order valence-electron chi connectivity index (χ1n) is 9.87. The van der Waals surface area contributed by atoms with Gasteiger partial charge in [-0.3, -0.25) is 0 Å². The fourth-order valence-electron chi connectivity index (χ4n) is 3.79. The Morgan fingerprint density at radius 2 is 0.935 bits per heavy atom. The number of benzene rings is 4. The minimum absolute atomic E-state index is 0.294. The van der Waals surface area contributed by atoms with Crippen LogP contribution in [0.3, 0.4) is 0 Å². The average molecular weight is 415 g/mol. The lowest BCUT2D eigenvalue weighted by atomic mass is 10.0. The van der Waals surface area contributed by atoms with Crippen LogP contribution in [0.2, 0.25) is 0 Å². The SMILES string of the molecule is O=P1([O-])c2c(C#Cc3ccccc3)cccc2-c2cccc(C#Cc3ccccc3)c21. The van der Waals surface area contributed by atoms with Gasteiger partial charge in [0, 0.05) is 32.9 Å². The summed E-state index contributed by atoms with van der Waals surface area (Å²) in [5.74, 6) is 12.3. The van der Waals surface area contributed by atoms with Gasteiger partial charge in [0.1, 0.15) is 0 Å². The second-order valence-corrected chi connectivity index (χ2v) is 9.18. The van der Waals surface area contributed by atoms with E-state index in [0.717, 1.165) is 11.1 Å². The monoisotopic (exact) mass is 415 g/mol. The van der Waals surface area contributed by atoms with Crippen LogP contribution in [0.1, 0.15) is 22.3 Å². The Bertz CT molecular complexity index is 1350. The molecule has 1 aliphatic heterocycles. The van der Waals surface area contributed by atoms with Crippen molar-refractivity contribution in [2.45, 2.75) is 0 Å². The summed E-state index contributed by atoms with van der Waals surface area (Å²) >= 11 is 0. The third-order valence-electron chi connectivity index (χ3n) is 5.18. The molecular formula is C28H16O2P-. The third kappa shape index (κ3) is 3.50. The largest absolute Gasteiger partial charge is 0.793 e. The fraction of sp³-hybridized carbons (Fsp3) is 0. The first-order chi connectivity index (χ1) is 15.1. The third-order valence-corrected chi connectivity index (χ3v) is 7.32. The van der Waals surface area contributed by atoms with E-state index >= 15 is 0 Å². The van der Waals surface area contributed by atoms with Crippen LogP contribution >= 0.6 is 7.37 Å². The minimum Gasteiger partial charge on any atom is -0.793 e. The molecule has 0 atom stereocenters. The standard InChI is InChI=1S/C28H17O2P/c29-31(30)27-23(19-17-21-9-3-1-4-10-21)13-7-15-25(27)26-16-8-14-24(28(26)31)20-18-22-11-5-2-6-12-22/h1-16H,(H,29,30)/p-1. The predicted octanol–water partition coefficient (Wildman–Crippen LogP) is 4.06. The smallest absolute Gasteiger partial charge is 0.0757 e. The van der Waals surface area contributed by atoms with Crippen molar-refractivity contribution in [3.8, 4) is 34.8 Å². The van der Waals surface area contributed by atoms with E-state index in [4.69, 9.17) is 0 Å². The van der Waals surface area contributed by atoms with Crippen molar-refractivity contribution in [1.29, 1.82) is 0 Å². The van der Waals surface area contributed by atoms with E-state index in [-0.39, 0.29) is 0 Å². The van der Waals surface area contributed by atoms with Crippen LogP contribution in [0.15, 0.2) is 97.1 Å². The lowest BCUT2D eigenvalue weighted by Crippen LogP contribution is -2.24. The molecule has 0 radical (unpaired) electrons. The van der Waals surface area contributed by atoms with Crippen LogP contribution in [0.4, 0.5) is 0 Å². The highest BCUT2D eigenvalue weighted by atomic mass is 31.2. The molecule has 31 heavy (non-hydrogen) atoms. The Labute approximate surface area is 181 Å². The quantitative estimate of drug-likeness (QED) is 0.321. The molecule has 146 valence electrons. The van der Waals surface area contributed by atoms with Crippen molar-refractivity contribution in [2.75, 3.05) is 0 Å². The molecule has 0 unspecified atom stereocenters. The molecule has 5 rings (SSSR count). The van der Waals surface area contributed by atoms with Gasteiger partial charge in [0.05, 0.1) is 7.37 Å². The number of hydrogen-bond acceptors (Lipinski definition) is 2. The zero-order valence-corrected chi connectivity index (χ0v) is 17.4. The molecule has 0 bridgehead atoms. The molecule has 4 aromatic rings. The van der Waals surface area contributed by atoms with Crippen LogP contribution in [-0.2, 0) is 4.57 Å². The number of rotatable bonds is 0. The summed E-state index contributed by atoms with van der Waals surface area (Å²) in [7, 11) is -4.10. The van der Waals surface area contributed by atoms with E-state index in [1.165, 1.54) is 0 Å². The molecule has 3 heteroatoms. The second kappa shape index (κ2) is 7.79. The van der Waals surface area contributed by atoms with E-state index in [2.05, 4.69) is 23.7 Å². The highest BCUT2D eigenvalue weighted by molar-refractivity contribution is 7.73. The van der Waals surface area contributed by atoms with Gasteiger partial charge in [-0.1, -0.05) is 84.3 Å². The van der Waals surface area contributed by atoms with Crippen LogP contribution in [-0.4, -0.2) is 0 Å². The molecule has 1 aliphatic rings. The lowest BCUT2D eigenvalue weighted by Gasteiger charge is -2.22. The zero-order valence-electron chi connectivity index (χ0n) is 16.5. The maximum atomic E-state index is 13.6. The maximum Gasteiger partial charge on any atom is 0.0757 e. The van der Waals surface area contributed by atoms with Crippen LogP contribution in [0.25, 0.3) is 11.1 Å². The molecule has 0 saturated heterocycles. The summed E-state index contributed by atoms with van der Waals surface area (Å²) < 4.78 is 13.6. The van der Waals surface area contributed by atoms with E-state index in [1.807, 2.05) is 84.9 Å². The first-order valence-corrected chi connectivity index (χ1v) is 11.5. The summed E-state index contributed by atoms with van der Waals surface area (Å²) in [5, 5.41) is 0.588. The van der Waals surface area contributed by atoms with Gasteiger partial charge in [0.25, 0.3) is 0 Å². The molecule has 0 aromatic heterocycles. The number of fused-ring (bicyclic) bond motifs is 3. The Morgan fingerprint density at radius 1 is 0.516 bits per heavy atom. The maximum absolute atomic E-state index is 13.6. The Kier molecular flexibility index (Phi) is 4.82. The summed E-state index contributed by atoms with van der Waals surface area (Å²) in [5.41, 5.74) is 4.08. The molecule has 0 fully saturated rings. The van der Waals surface area contributed by atoms with Gasteiger partial charge < -0.3 is 9.46 Å². The van der Waals surface area contributed by atoms with Crippen LogP contribution in [0, 0.1) is 23.7 Å². The van der Waals surface area contributed by atoms with Gasteiger partial charge in [-0.15, -0.1) is 0 Å². The molecule has 1 heterocycles. The van der Waals surface area contributed by atoms with Crippen LogP contribution < -0.4 is 15.5 Å². The van der Waals surface area contributed by atoms with Crippen molar-refractivity contribution in [3.05, 3.63) is 119 Å². The van der Waals surface area contributed by atoms with E-state index in [0.29, 0.717) is 32.9 Å². The topological polar surface area (TPSA) is 40.1 Å². The molecule has 0 N–H and O–H groups in total. The van der Waals surface area contributed by atoms with Crippen molar-refractivity contribution in [2.24, 2.45) is 0 Å². The molecule has 0 amide bonds. The molecule has 4 aromatic carbocycles. The Balaban J connectivity index is 1.65. The summed E-state index contributed by atoms with van der Waals surface area (Å²) in [6.07, 6.45) is 0. The van der Waals surface area contributed by atoms with Gasteiger partial charge in [-0.2, -0.15) is 0 Å². The predicted molar refractivity (Wildman–Crippen MR) is 124 cm³/mol. The molecule has 0 saturated carbocycles. The highest BCUT2D eigenvalue weighted by Crippen LogP contribution is 2.48. The van der Waals surface area contributed by atoms with E-state index in [9.17, 15) is 9.46 Å². The highest BCUT2D eigenvalue weighted by Gasteiger charge is 2.33. The fourth-order valence-corrected chi connectivity index (χ4v) is 5.93. The van der Waals surface area contributed by atoms with Gasteiger partial charge in [-0.25, -0.2) is 0 Å². The molecule has 2 nitrogen and oxygen atoms in total. The normalized spacial score (nSPS) is 12.5. The Hall–Kier alpha value is -3.81. The summed E-state index contributed by atoms with van der Waals surface area (Å²) in [6, 6.07) is 30.0. The molecular weight excluding hydrogens is 399 g/mol. The van der Waals surface area contributed by atoms with Gasteiger partial charge >= 0.3 is 0 Å². The van der Waals surface area contributed by atoms with Crippen molar-refractivity contribution >= 4 is 18.0 Å². The molecule has 0 spiro atoms. The van der Waals surface area contributed by atoms with Crippen molar-refractivity contribution < 1.29 is 9.46 Å². The van der Waals surface area contributed by atoms with Crippen LogP contribution in [0.5, 0.6) is 0 Å².